The molecule has 0 atom stereocenters. The predicted octanol–water partition coefficient (Wildman–Crippen LogP) is 12.6. The van der Waals surface area contributed by atoms with Crippen LogP contribution in [0, 0.1) is 27.7 Å². The lowest BCUT2D eigenvalue weighted by molar-refractivity contribution is 0.0205. The van der Waals surface area contributed by atoms with Crippen LogP contribution in [0.15, 0.2) is 69.1 Å². The van der Waals surface area contributed by atoms with Crippen LogP contribution in [-0.4, -0.2) is 11.8 Å². The monoisotopic (exact) mass is 640 g/mol. The van der Waals surface area contributed by atoms with Gasteiger partial charge in [-0.2, -0.15) is 0 Å². The average molecular weight is 641 g/mol. The zero-order valence-electron chi connectivity index (χ0n) is 28.8. The van der Waals surface area contributed by atoms with Gasteiger partial charge in [0.1, 0.15) is 28.3 Å². The zero-order valence-corrected chi connectivity index (χ0v) is 29.7. The van der Waals surface area contributed by atoms with Crippen LogP contribution < -0.4 is 9.26 Å². The molecule has 0 unspecified atom stereocenters. The van der Waals surface area contributed by atoms with Crippen LogP contribution >= 0.6 is 8.24 Å². The third-order valence-corrected chi connectivity index (χ3v) is 9.32. The summed E-state index contributed by atoms with van der Waals surface area (Å²) >= 11 is 0. The van der Waals surface area contributed by atoms with E-state index in [1.165, 1.54) is 0 Å². The zero-order chi connectivity index (χ0) is 33.5. The fraction of sp³-hybridized carbons (Fsp3) is 0.359. The Kier molecular flexibility index (Phi) is 9.33. The number of ether oxygens (including phenoxy) is 2. The van der Waals surface area contributed by atoms with Gasteiger partial charge in [-0.15, -0.1) is 0 Å². The molecular weight excluding hydrogens is 595 g/mol. The van der Waals surface area contributed by atoms with Gasteiger partial charge in [0.05, 0.1) is 0 Å². The van der Waals surface area contributed by atoms with Crippen LogP contribution in [0.3, 0.4) is 0 Å². The Hall–Kier alpha value is -4.15. The second-order valence-electron chi connectivity index (χ2n) is 13.6. The molecule has 46 heavy (non-hydrogen) atoms. The van der Waals surface area contributed by atoms with Gasteiger partial charge < -0.3 is 22.4 Å². The van der Waals surface area contributed by atoms with Crippen molar-refractivity contribution in [1.82, 2.24) is 0 Å². The first-order valence-electron chi connectivity index (χ1n) is 15.9. The van der Waals surface area contributed by atoms with Crippen molar-refractivity contribution in [2.45, 2.75) is 93.6 Å². The molecule has 0 spiro atoms. The van der Waals surface area contributed by atoms with Crippen molar-refractivity contribution in [2.24, 2.45) is 0 Å². The van der Waals surface area contributed by atoms with E-state index in [0.717, 1.165) is 55.3 Å². The number of para-hydroxylation sites is 2. The van der Waals surface area contributed by atoms with Gasteiger partial charge in [0.25, 0.3) is 0 Å². The number of carbonyl (C=O) groups excluding carboxylic acids is 1. The number of hydrogen-bond donors (Lipinski definition) is 0. The van der Waals surface area contributed by atoms with Crippen molar-refractivity contribution in [2.75, 3.05) is 0 Å². The molecule has 6 nitrogen and oxygen atoms in total. The smallest absolute Gasteiger partial charge is 0.428 e. The van der Waals surface area contributed by atoms with Crippen LogP contribution in [0.1, 0.15) is 93.7 Å². The first-order chi connectivity index (χ1) is 21.7. The summed E-state index contributed by atoms with van der Waals surface area (Å²) in [5, 5.41) is 1.89. The first-order valence-corrected chi connectivity index (χ1v) is 17.0. The lowest BCUT2D eigenvalue weighted by atomic mass is 9.84. The van der Waals surface area contributed by atoms with Gasteiger partial charge in [-0.25, -0.2) is 4.79 Å². The maximum atomic E-state index is 13.3. The maximum Gasteiger partial charge on any atom is 0.514 e. The molecule has 0 radical (unpaired) electrons. The molecule has 5 aromatic rings. The predicted molar refractivity (Wildman–Crippen MR) is 188 cm³/mol. The minimum absolute atomic E-state index is 0.0699. The maximum absolute atomic E-state index is 13.3. The van der Waals surface area contributed by atoms with Crippen molar-refractivity contribution in [3.05, 3.63) is 94.0 Å². The highest BCUT2D eigenvalue weighted by atomic mass is 31.1. The normalized spacial score (nSPS) is 11.8. The largest absolute Gasteiger partial charge is 0.514 e. The minimum Gasteiger partial charge on any atom is -0.428 e. The van der Waals surface area contributed by atoms with E-state index in [1.54, 1.807) is 0 Å². The summed E-state index contributed by atoms with van der Waals surface area (Å²) in [6.45, 7) is 22.3. The Morgan fingerprint density at radius 2 is 1.13 bits per heavy atom. The SMILES string of the molecule is Cc1cc(C(C)C)c(OC(=O)OC(C)(C)C)c(-c2c(C)c(C)cc(C(C)C)c2Op2oc3ccccc3c3ccccc3o2)c1C. The van der Waals surface area contributed by atoms with E-state index in [2.05, 4.69) is 67.5 Å². The molecule has 0 saturated carbocycles. The Morgan fingerprint density at radius 3 is 1.59 bits per heavy atom. The quantitative estimate of drug-likeness (QED) is 0.136. The Labute approximate surface area is 273 Å². The number of rotatable bonds is 6. The summed E-state index contributed by atoms with van der Waals surface area (Å²) in [7, 11) is -1.93. The van der Waals surface area contributed by atoms with Crippen molar-refractivity contribution < 1.29 is 27.2 Å². The van der Waals surface area contributed by atoms with E-state index in [9.17, 15) is 4.79 Å². The molecule has 0 bridgehead atoms. The van der Waals surface area contributed by atoms with E-state index >= 15 is 0 Å². The number of benzene rings is 4. The fourth-order valence-electron chi connectivity index (χ4n) is 5.69. The van der Waals surface area contributed by atoms with E-state index < -0.39 is 20.0 Å². The molecule has 1 heterocycles. The highest BCUT2D eigenvalue weighted by Crippen LogP contribution is 2.51. The number of carbonyl (C=O) groups is 1. The Balaban J connectivity index is 1.86. The van der Waals surface area contributed by atoms with Crippen molar-refractivity contribution in [3.63, 3.8) is 0 Å². The topological polar surface area (TPSA) is 71.0 Å². The second kappa shape index (κ2) is 12.9. The fourth-order valence-corrected chi connectivity index (χ4v) is 6.79. The summed E-state index contributed by atoms with van der Waals surface area (Å²) in [5.41, 5.74) is 8.45. The highest BCUT2D eigenvalue weighted by molar-refractivity contribution is 7.32. The molecule has 0 saturated heterocycles. The van der Waals surface area contributed by atoms with Gasteiger partial charge in [-0.3, -0.25) is 0 Å². The first kappa shape index (κ1) is 33.2. The van der Waals surface area contributed by atoms with E-state index in [0.29, 0.717) is 22.7 Å². The summed E-state index contributed by atoms with van der Waals surface area (Å²) in [4.78, 5) is 13.3. The van der Waals surface area contributed by atoms with Crippen molar-refractivity contribution in [3.8, 4) is 22.6 Å². The van der Waals surface area contributed by atoms with Gasteiger partial charge in [-0.05, 0) is 106 Å². The average Bonchev–Trinajstić information content (AvgIpc) is 3.12. The summed E-state index contributed by atoms with van der Waals surface area (Å²) < 4.78 is 31.8. The van der Waals surface area contributed by atoms with Gasteiger partial charge in [0.15, 0.2) is 0 Å². The van der Waals surface area contributed by atoms with Crippen LogP contribution in [0.25, 0.3) is 33.1 Å². The standard InChI is InChI=1S/C39H45O6P/c1-22(2)30-20-24(5)26(7)34(36(30)41-38(40)42-39(9,10)11)35-27(8)25(6)21-31(23(3)4)37(35)45-46-43-32-18-14-12-16-28(32)29-17-13-15-19-33(29)44-46/h12-23H,1-11H3. The van der Waals surface area contributed by atoms with E-state index in [1.807, 2.05) is 69.3 Å². The van der Waals surface area contributed by atoms with Crippen molar-refractivity contribution in [1.29, 1.82) is 0 Å². The van der Waals surface area contributed by atoms with Gasteiger partial charge in [-0.1, -0.05) is 76.2 Å². The summed E-state index contributed by atoms with van der Waals surface area (Å²) in [6, 6.07) is 20.1. The molecule has 0 aliphatic rings. The Bertz CT molecular complexity index is 1920. The van der Waals surface area contributed by atoms with Gasteiger partial charge >= 0.3 is 14.4 Å². The summed E-state index contributed by atoms with van der Waals surface area (Å²) in [5.74, 6) is 1.31. The van der Waals surface area contributed by atoms with Crippen molar-refractivity contribution >= 4 is 36.3 Å². The molecule has 1 aromatic heterocycles. The molecule has 7 heteroatoms. The second-order valence-corrected chi connectivity index (χ2v) is 14.6. The molecule has 4 aromatic carbocycles. The number of fused-ring (bicyclic) bond motifs is 3. The summed E-state index contributed by atoms with van der Waals surface area (Å²) in [6.07, 6.45) is -0.746. The van der Waals surface area contributed by atoms with Gasteiger partial charge in [0.2, 0.25) is 0 Å². The van der Waals surface area contributed by atoms with Crippen LogP contribution in [-0.2, 0) is 4.74 Å². The molecule has 242 valence electrons. The van der Waals surface area contributed by atoms with Crippen LogP contribution in [0.4, 0.5) is 4.79 Å². The lowest BCUT2D eigenvalue weighted by Crippen LogP contribution is -2.26. The van der Waals surface area contributed by atoms with Crippen LogP contribution in [0.2, 0.25) is 0 Å². The Morgan fingerprint density at radius 1 is 0.696 bits per heavy atom. The molecule has 0 aliphatic carbocycles. The van der Waals surface area contributed by atoms with Gasteiger partial charge in [0, 0.05) is 21.9 Å². The number of aryl methyl sites for hydroxylation is 2. The minimum atomic E-state index is -1.93. The third kappa shape index (κ3) is 6.69. The molecule has 0 fully saturated rings. The highest BCUT2D eigenvalue weighted by Gasteiger charge is 2.30. The lowest BCUT2D eigenvalue weighted by Gasteiger charge is -2.26. The van der Waals surface area contributed by atoms with Crippen LogP contribution in [0.5, 0.6) is 11.5 Å². The number of hydrogen-bond acceptors (Lipinski definition) is 6. The molecule has 0 N–H and O–H groups in total. The third-order valence-electron chi connectivity index (χ3n) is 8.30. The molecule has 0 amide bonds. The molecular formula is C39H45O6P. The molecule has 0 aliphatic heterocycles. The van der Waals surface area contributed by atoms with E-state index in [-0.39, 0.29) is 11.8 Å². The molecule has 5 rings (SSSR count). The van der Waals surface area contributed by atoms with E-state index in [4.69, 9.17) is 22.4 Å².